The van der Waals surface area contributed by atoms with Gasteiger partial charge in [0.1, 0.15) is 17.3 Å². The zero-order valence-electron chi connectivity index (χ0n) is 19.0. The molecule has 1 saturated carbocycles. The van der Waals surface area contributed by atoms with E-state index >= 15 is 0 Å². The molecule has 0 radical (unpaired) electrons. The van der Waals surface area contributed by atoms with Crippen molar-refractivity contribution in [3.05, 3.63) is 48.5 Å². The van der Waals surface area contributed by atoms with Crippen LogP contribution in [0.5, 0.6) is 0 Å². The Morgan fingerprint density at radius 2 is 2.09 bits per heavy atom. The van der Waals surface area contributed by atoms with E-state index in [-0.39, 0.29) is 17.3 Å². The van der Waals surface area contributed by atoms with Crippen LogP contribution in [0.4, 0.5) is 15.9 Å². The minimum Gasteiger partial charge on any atom is -0.386 e. The molecule has 0 amide bonds. The molecule has 5 heterocycles. The molecular formula is C25H23FN8S. The van der Waals surface area contributed by atoms with Gasteiger partial charge in [0.25, 0.3) is 0 Å². The zero-order valence-corrected chi connectivity index (χ0v) is 19.9. The summed E-state index contributed by atoms with van der Waals surface area (Å²) in [4.78, 5) is 25.3. The Labute approximate surface area is 204 Å². The number of aromatic nitrogens is 5. The second kappa shape index (κ2) is 7.50. The first-order chi connectivity index (χ1) is 17.0. The van der Waals surface area contributed by atoms with Gasteiger partial charge in [-0.1, -0.05) is 0 Å². The number of aromatic amines is 1. The van der Waals surface area contributed by atoms with Gasteiger partial charge in [-0.25, -0.2) is 14.4 Å². The SMILES string of the molecule is CNc1cc(F)cc2c1[nH]c1nc(Sc3cnc4cccnc4c3)nc(N3CC(N)C4(CC4)C3)c12. The standard InChI is InChI=1S/C25H23FN8S/c1-28-18-8-13(26)7-15-20-22(31-21(15)18)32-24(33-23(20)34-11-19(27)25(12-34)4-5-25)35-14-9-17-16(30-10-14)3-2-6-29-17/h2-3,6-10,19,28H,4-5,11-12,27H2,1H3,(H,31,32,33). The van der Waals surface area contributed by atoms with Crippen molar-refractivity contribution in [1.82, 2.24) is 24.9 Å². The van der Waals surface area contributed by atoms with Crippen molar-refractivity contribution in [1.29, 1.82) is 0 Å². The summed E-state index contributed by atoms with van der Waals surface area (Å²) in [7, 11) is 1.78. The molecule has 1 aliphatic carbocycles. The molecule has 8 nitrogen and oxygen atoms in total. The molecule has 1 aliphatic heterocycles. The number of H-pyrrole nitrogens is 1. The summed E-state index contributed by atoms with van der Waals surface area (Å²) in [6, 6.07) is 8.94. The summed E-state index contributed by atoms with van der Waals surface area (Å²) in [6.07, 6.45) is 5.85. The monoisotopic (exact) mass is 486 g/mol. The molecular weight excluding hydrogens is 463 g/mol. The van der Waals surface area contributed by atoms with Crippen molar-refractivity contribution >= 4 is 56.2 Å². The maximum absolute atomic E-state index is 14.5. The second-order valence-electron chi connectivity index (χ2n) is 9.47. The highest BCUT2D eigenvalue weighted by molar-refractivity contribution is 7.99. The van der Waals surface area contributed by atoms with E-state index in [9.17, 15) is 4.39 Å². The van der Waals surface area contributed by atoms with Crippen molar-refractivity contribution in [2.45, 2.75) is 28.9 Å². The quantitative estimate of drug-likeness (QED) is 0.323. The molecule has 4 N–H and O–H groups in total. The van der Waals surface area contributed by atoms with E-state index in [1.165, 1.54) is 17.8 Å². The van der Waals surface area contributed by atoms with Crippen molar-refractivity contribution in [3.63, 3.8) is 0 Å². The van der Waals surface area contributed by atoms with Crippen LogP contribution in [0.15, 0.2) is 52.8 Å². The van der Waals surface area contributed by atoms with Gasteiger partial charge < -0.3 is 20.9 Å². The first kappa shape index (κ1) is 20.8. The van der Waals surface area contributed by atoms with Gasteiger partial charge >= 0.3 is 0 Å². The Hall–Kier alpha value is -3.50. The van der Waals surface area contributed by atoms with Gasteiger partial charge in [-0.3, -0.25) is 9.97 Å². The van der Waals surface area contributed by atoms with E-state index in [2.05, 4.69) is 25.2 Å². The topological polar surface area (TPSA) is 109 Å². The minimum atomic E-state index is -0.307. The number of rotatable bonds is 4. The lowest BCUT2D eigenvalue weighted by Gasteiger charge is -2.19. The highest BCUT2D eigenvalue weighted by atomic mass is 32.2. The molecule has 7 rings (SSSR count). The molecule has 4 aromatic heterocycles. The lowest BCUT2D eigenvalue weighted by molar-refractivity contribution is 0.499. The molecule has 2 fully saturated rings. The molecule has 10 heteroatoms. The first-order valence-corrected chi connectivity index (χ1v) is 12.4. The van der Waals surface area contributed by atoms with E-state index in [1.54, 1.807) is 19.3 Å². The number of fused-ring (bicyclic) bond motifs is 4. The Kier molecular flexibility index (Phi) is 4.46. The molecule has 176 valence electrons. The number of anilines is 2. The lowest BCUT2D eigenvalue weighted by Crippen LogP contribution is -2.30. The second-order valence-corrected chi connectivity index (χ2v) is 10.5. The predicted octanol–water partition coefficient (Wildman–Crippen LogP) is 4.31. The van der Waals surface area contributed by atoms with Crippen LogP contribution in [0.1, 0.15) is 12.8 Å². The molecule has 1 saturated heterocycles. The van der Waals surface area contributed by atoms with Gasteiger partial charge in [-0.2, -0.15) is 0 Å². The number of pyridine rings is 2. The van der Waals surface area contributed by atoms with Crippen LogP contribution in [0.2, 0.25) is 0 Å². The number of halogens is 1. The summed E-state index contributed by atoms with van der Waals surface area (Å²) in [5.41, 5.74) is 10.5. The van der Waals surface area contributed by atoms with Crippen LogP contribution in [-0.2, 0) is 0 Å². The van der Waals surface area contributed by atoms with E-state index in [0.29, 0.717) is 16.5 Å². The smallest absolute Gasteiger partial charge is 0.196 e. The van der Waals surface area contributed by atoms with Gasteiger partial charge in [0.05, 0.1) is 27.6 Å². The molecule has 35 heavy (non-hydrogen) atoms. The number of nitrogens with zero attached hydrogens (tertiary/aromatic N) is 5. The fourth-order valence-electron chi connectivity index (χ4n) is 5.24. The Morgan fingerprint density at radius 3 is 2.89 bits per heavy atom. The third-order valence-electron chi connectivity index (χ3n) is 7.29. The molecule has 2 aliphatic rings. The fourth-order valence-corrected chi connectivity index (χ4v) is 5.99. The summed E-state index contributed by atoms with van der Waals surface area (Å²) in [6.45, 7) is 1.57. The average molecular weight is 487 g/mol. The number of hydrogen-bond donors (Lipinski definition) is 3. The van der Waals surface area contributed by atoms with E-state index in [4.69, 9.17) is 15.7 Å². The Balaban J connectivity index is 1.40. The fraction of sp³-hybridized carbons (Fsp3) is 0.280. The van der Waals surface area contributed by atoms with Gasteiger partial charge in [-0.15, -0.1) is 0 Å². The number of benzene rings is 1. The number of nitrogens with two attached hydrogens (primary N) is 1. The van der Waals surface area contributed by atoms with Crippen LogP contribution in [0.3, 0.4) is 0 Å². The van der Waals surface area contributed by atoms with Crippen LogP contribution in [-0.4, -0.2) is 51.1 Å². The minimum absolute atomic E-state index is 0.106. The van der Waals surface area contributed by atoms with Crippen LogP contribution in [0.25, 0.3) is 33.0 Å². The summed E-state index contributed by atoms with van der Waals surface area (Å²) in [5, 5.41) is 5.26. The van der Waals surface area contributed by atoms with Gasteiger partial charge in [0.2, 0.25) is 0 Å². The highest BCUT2D eigenvalue weighted by Gasteiger charge is 2.54. The van der Waals surface area contributed by atoms with Gasteiger partial charge in [0.15, 0.2) is 5.16 Å². The third kappa shape index (κ3) is 3.31. The maximum atomic E-state index is 14.5. The number of hydrogen-bond acceptors (Lipinski definition) is 8. The molecule has 0 bridgehead atoms. The van der Waals surface area contributed by atoms with E-state index < -0.39 is 0 Å². The molecule has 1 unspecified atom stereocenters. The van der Waals surface area contributed by atoms with Crippen molar-refractivity contribution in [2.24, 2.45) is 11.1 Å². The van der Waals surface area contributed by atoms with E-state index in [0.717, 1.165) is 64.0 Å². The zero-order chi connectivity index (χ0) is 23.7. The molecule has 5 aromatic rings. The summed E-state index contributed by atoms with van der Waals surface area (Å²) in [5.74, 6) is 0.487. The summed E-state index contributed by atoms with van der Waals surface area (Å²) >= 11 is 1.44. The predicted molar refractivity (Wildman–Crippen MR) is 136 cm³/mol. The van der Waals surface area contributed by atoms with Crippen LogP contribution < -0.4 is 16.0 Å². The van der Waals surface area contributed by atoms with Crippen LogP contribution >= 0.6 is 11.8 Å². The summed E-state index contributed by atoms with van der Waals surface area (Å²) < 4.78 is 14.5. The average Bonchev–Trinajstić information content (AvgIpc) is 3.45. The Morgan fingerprint density at radius 1 is 1.20 bits per heavy atom. The van der Waals surface area contributed by atoms with Gasteiger partial charge in [0, 0.05) is 54.3 Å². The van der Waals surface area contributed by atoms with Gasteiger partial charge in [-0.05, 0) is 54.9 Å². The van der Waals surface area contributed by atoms with Crippen molar-refractivity contribution < 1.29 is 4.39 Å². The first-order valence-electron chi connectivity index (χ1n) is 11.6. The van der Waals surface area contributed by atoms with E-state index in [1.807, 2.05) is 24.4 Å². The van der Waals surface area contributed by atoms with Crippen LogP contribution in [0, 0.1) is 11.2 Å². The van der Waals surface area contributed by atoms with Crippen molar-refractivity contribution in [2.75, 3.05) is 30.4 Å². The third-order valence-corrected chi connectivity index (χ3v) is 8.12. The van der Waals surface area contributed by atoms with Crippen molar-refractivity contribution in [3.8, 4) is 0 Å². The molecule has 1 spiro atoms. The Bertz CT molecular complexity index is 1630. The highest BCUT2D eigenvalue weighted by Crippen LogP contribution is 2.53. The normalized spacial score (nSPS) is 18.8. The molecule has 1 aromatic carbocycles. The molecule has 1 atom stereocenters. The maximum Gasteiger partial charge on any atom is 0.196 e. The largest absolute Gasteiger partial charge is 0.386 e. The number of nitrogens with one attached hydrogen (secondary N) is 2. The lowest BCUT2D eigenvalue weighted by atomic mass is 10.0.